The molecule has 1 atom stereocenters. The summed E-state index contributed by atoms with van der Waals surface area (Å²) in [6.45, 7) is 0.702. The van der Waals surface area contributed by atoms with Gasteiger partial charge in [0, 0.05) is 25.2 Å². The summed E-state index contributed by atoms with van der Waals surface area (Å²) in [5, 5.41) is 0. The first-order valence-corrected chi connectivity index (χ1v) is 6.69. The molecule has 6 heteroatoms. The number of hydrogen-bond donors (Lipinski definition) is 1. The van der Waals surface area contributed by atoms with E-state index >= 15 is 0 Å². The standard InChI is InChI=1S/C11H13BrN2O2S/c1-16-10-3-9(8(12)4-13-10)14-5-7(6-17)2-11(14)15/h3-4,7,17H,2,5-6H2,1H3. The summed E-state index contributed by atoms with van der Waals surface area (Å²) in [7, 11) is 1.56. The molecular weight excluding hydrogens is 304 g/mol. The lowest BCUT2D eigenvalue weighted by atomic mass is 10.1. The number of carbonyl (C=O) groups excluding carboxylic acids is 1. The van der Waals surface area contributed by atoms with Crippen LogP contribution in [0.1, 0.15) is 6.42 Å². The van der Waals surface area contributed by atoms with Gasteiger partial charge >= 0.3 is 0 Å². The molecule has 1 amide bonds. The molecule has 0 saturated carbocycles. The topological polar surface area (TPSA) is 42.4 Å². The summed E-state index contributed by atoms with van der Waals surface area (Å²) in [5.41, 5.74) is 0.811. The number of rotatable bonds is 3. The average molecular weight is 317 g/mol. The third-order valence-corrected chi connectivity index (χ3v) is 3.90. The van der Waals surface area contributed by atoms with Crippen molar-refractivity contribution in [2.75, 3.05) is 24.3 Å². The quantitative estimate of drug-likeness (QED) is 0.869. The van der Waals surface area contributed by atoms with Crippen LogP contribution in [0.5, 0.6) is 5.88 Å². The van der Waals surface area contributed by atoms with Crippen molar-refractivity contribution in [3.8, 4) is 5.88 Å². The van der Waals surface area contributed by atoms with Crippen LogP contribution in [0.4, 0.5) is 5.69 Å². The summed E-state index contributed by atoms with van der Waals surface area (Å²) in [4.78, 5) is 17.7. The Morgan fingerprint density at radius 1 is 1.71 bits per heavy atom. The number of nitrogens with zero attached hydrogens (tertiary/aromatic N) is 2. The van der Waals surface area contributed by atoms with E-state index in [1.54, 1.807) is 24.3 Å². The molecule has 1 aliphatic rings. The van der Waals surface area contributed by atoms with Crippen LogP contribution in [0.2, 0.25) is 0 Å². The molecule has 0 radical (unpaired) electrons. The fourth-order valence-corrected chi connectivity index (χ4v) is 2.54. The maximum atomic E-state index is 11.9. The monoisotopic (exact) mass is 316 g/mol. The maximum Gasteiger partial charge on any atom is 0.227 e. The minimum Gasteiger partial charge on any atom is -0.481 e. The first-order valence-electron chi connectivity index (χ1n) is 5.26. The molecule has 0 aromatic carbocycles. The van der Waals surface area contributed by atoms with Crippen LogP contribution < -0.4 is 9.64 Å². The first kappa shape index (κ1) is 12.7. The van der Waals surface area contributed by atoms with E-state index in [4.69, 9.17) is 4.74 Å². The molecule has 17 heavy (non-hydrogen) atoms. The van der Waals surface area contributed by atoms with E-state index in [2.05, 4.69) is 33.5 Å². The first-order chi connectivity index (χ1) is 8.15. The summed E-state index contributed by atoms with van der Waals surface area (Å²) in [6.07, 6.45) is 2.20. The normalized spacial score (nSPS) is 19.8. The molecule has 0 bridgehead atoms. The van der Waals surface area contributed by atoms with Crippen molar-refractivity contribution in [2.24, 2.45) is 5.92 Å². The van der Waals surface area contributed by atoms with Crippen molar-refractivity contribution < 1.29 is 9.53 Å². The number of halogens is 1. The fourth-order valence-electron chi connectivity index (χ4n) is 1.86. The Bertz CT molecular complexity index is 441. The van der Waals surface area contributed by atoms with Gasteiger partial charge in [-0.05, 0) is 27.6 Å². The van der Waals surface area contributed by atoms with Crippen LogP contribution in [0, 0.1) is 5.92 Å². The van der Waals surface area contributed by atoms with Gasteiger partial charge in [0.1, 0.15) is 0 Å². The number of pyridine rings is 1. The highest BCUT2D eigenvalue weighted by atomic mass is 79.9. The third kappa shape index (κ3) is 2.57. The number of thiol groups is 1. The Balaban J connectivity index is 2.30. The SMILES string of the molecule is COc1cc(N2CC(CS)CC2=O)c(Br)cn1. The van der Waals surface area contributed by atoms with Gasteiger partial charge < -0.3 is 9.64 Å². The predicted octanol–water partition coefficient (Wildman–Crippen LogP) is 2.14. The highest BCUT2D eigenvalue weighted by molar-refractivity contribution is 9.10. The summed E-state index contributed by atoms with van der Waals surface area (Å²) in [6, 6.07) is 1.77. The van der Waals surface area contributed by atoms with Gasteiger partial charge in [0.25, 0.3) is 0 Å². The van der Waals surface area contributed by atoms with Crippen molar-refractivity contribution in [1.82, 2.24) is 4.98 Å². The molecule has 0 spiro atoms. The van der Waals surface area contributed by atoms with Crippen molar-refractivity contribution in [3.63, 3.8) is 0 Å². The molecule has 2 heterocycles. The Hall–Kier alpha value is -0.750. The second kappa shape index (κ2) is 5.27. The van der Waals surface area contributed by atoms with Crippen LogP contribution >= 0.6 is 28.6 Å². The minimum atomic E-state index is 0.123. The molecule has 1 unspecified atom stereocenters. The second-order valence-electron chi connectivity index (χ2n) is 3.94. The van der Waals surface area contributed by atoms with Crippen LogP contribution in [0.15, 0.2) is 16.7 Å². The van der Waals surface area contributed by atoms with E-state index in [0.29, 0.717) is 24.8 Å². The highest BCUT2D eigenvalue weighted by Crippen LogP contribution is 2.33. The van der Waals surface area contributed by atoms with Gasteiger partial charge in [0.05, 0.1) is 17.3 Å². The largest absolute Gasteiger partial charge is 0.481 e. The van der Waals surface area contributed by atoms with Gasteiger partial charge in [-0.3, -0.25) is 4.79 Å². The van der Waals surface area contributed by atoms with Gasteiger partial charge in [0.15, 0.2) is 0 Å². The van der Waals surface area contributed by atoms with E-state index in [0.717, 1.165) is 15.9 Å². The molecule has 0 aliphatic carbocycles. The van der Waals surface area contributed by atoms with E-state index in [1.165, 1.54) is 0 Å². The summed E-state index contributed by atoms with van der Waals surface area (Å²) >= 11 is 7.65. The fraction of sp³-hybridized carbons (Fsp3) is 0.455. The number of ether oxygens (including phenoxy) is 1. The van der Waals surface area contributed by atoms with Gasteiger partial charge in [-0.15, -0.1) is 0 Å². The molecule has 2 rings (SSSR count). The maximum absolute atomic E-state index is 11.9. The number of amides is 1. The van der Waals surface area contributed by atoms with E-state index in [1.807, 2.05) is 0 Å². The number of anilines is 1. The van der Waals surface area contributed by atoms with Crippen LogP contribution in [-0.2, 0) is 4.79 Å². The van der Waals surface area contributed by atoms with E-state index < -0.39 is 0 Å². The lowest BCUT2D eigenvalue weighted by Gasteiger charge is -2.18. The van der Waals surface area contributed by atoms with Crippen molar-refractivity contribution in [1.29, 1.82) is 0 Å². The Morgan fingerprint density at radius 3 is 3.06 bits per heavy atom. The van der Waals surface area contributed by atoms with Crippen LogP contribution in [-0.4, -0.2) is 30.3 Å². The average Bonchev–Trinajstić information content (AvgIpc) is 2.71. The number of hydrogen-bond acceptors (Lipinski definition) is 4. The molecular formula is C11H13BrN2O2S. The molecule has 1 aliphatic heterocycles. The molecule has 4 nitrogen and oxygen atoms in total. The van der Waals surface area contributed by atoms with Crippen molar-refractivity contribution in [2.45, 2.75) is 6.42 Å². The van der Waals surface area contributed by atoms with Crippen molar-refractivity contribution >= 4 is 40.2 Å². The predicted molar refractivity (Wildman–Crippen MR) is 72.8 cm³/mol. The molecule has 1 fully saturated rings. The van der Waals surface area contributed by atoms with Gasteiger partial charge in [-0.1, -0.05) is 0 Å². The second-order valence-corrected chi connectivity index (χ2v) is 5.15. The van der Waals surface area contributed by atoms with Crippen LogP contribution in [0.3, 0.4) is 0 Å². The van der Waals surface area contributed by atoms with Gasteiger partial charge in [-0.2, -0.15) is 12.6 Å². The Morgan fingerprint density at radius 2 is 2.47 bits per heavy atom. The number of methoxy groups -OCH3 is 1. The Labute approximate surface area is 114 Å². The molecule has 1 aromatic heterocycles. The zero-order chi connectivity index (χ0) is 12.4. The van der Waals surface area contributed by atoms with Crippen molar-refractivity contribution in [3.05, 3.63) is 16.7 Å². The summed E-state index contributed by atoms with van der Waals surface area (Å²) < 4.78 is 5.87. The highest BCUT2D eigenvalue weighted by Gasteiger charge is 2.31. The molecule has 1 saturated heterocycles. The van der Waals surface area contributed by atoms with E-state index in [-0.39, 0.29) is 5.91 Å². The lowest BCUT2D eigenvalue weighted by Crippen LogP contribution is -2.25. The third-order valence-electron chi connectivity index (χ3n) is 2.77. The smallest absolute Gasteiger partial charge is 0.227 e. The zero-order valence-electron chi connectivity index (χ0n) is 9.39. The van der Waals surface area contributed by atoms with E-state index in [9.17, 15) is 4.79 Å². The van der Waals surface area contributed by atoms with Gasteiger partial charge in [-0.25, -0.2) is 4.98 Å². The zero-order valence-corrected chi connectivity index (χ0v) is 11.9. The van der Waals surface area contributed by atoms with Gasteiger partial charge in [0.2, 0.25) is 11.8 Å². The molecule has 1 aromatic rings. The van der Waals surface area contributed by atoms with Crippen LogP contribution in [0.25, 0.3) is 0 Å². The Kier molecular flexibility index (Phi) is 3.93. The summed E-state index contributed by atoms with van der Waals surface area (Å²) in [5.74, 6) is 1.67. The number of carbonyl (C=O) groups is 1. The lowest BCUT2D eigenvalue weighted by molar-refractivity contribution is -0.117. The molecule has 0 N–H and O–H groups in total. The minimum absolute atomic E-state index is 0.123. The molecule has 92 valence electrons. The number of aromatic nitrogens is 1.